The van der Waals surface area contributed by atoms with Crippen LogP contribution in [0.4, 0.5) is 10.1 Å². The monoisotopic (exact) mass is 303 g/mol. The molecule has 0 bridgehead atoms. The number of halogens is 1. The SMILES string of the molecule is Cn1c(Cn2cncc(NC=O)c2=O)nc2c1CCC(F)=C2. The lowest BCUT2D eigenvalue weighted by molar-refractivity contribution is -0.105. The van der Waals surface area contributed by atoms with Crippen LogP contribution < -0.4 is 10.9 Å². The molecule has 3 rings (SSSR count). The lowest BCUT2D eigenvalue weighted by atomic mass is 10.1. The number of aromatic nitrogens is 4. The third-order valence-electron chi connectivity index (χ3n) is 3.66. The lowest BCUT2D eigenvalue weighted by Crippen LogP contribution is -2.25. The fourth-order valence-corrected chi connectivity index (χ4v) is 2.50. The van der Waals surface area contributed by atoms with Crippen LogP contribution in [0.3, 0.4) is 0 Å². The van der Waals surface area contributed by atoms with Crippen molar-refractivity contribution in [2.45, 2.75) is 19.4 Å². The minimum atomic E-state index is -0.371. The Hall–Kier alpha value is -2.77. The zero-order valence-electron chi connectivity index (χ0n) is 11.9. The summed E-state index contributed by atoms with van der Waals surface area (Å²) in [5.74, 6) is 0.441. The van der Waals surface area contributed by atoms with Gasteiger partial charge in [-0.1, -0.05) is 0 Å². The molecule has 2 aromatic heterocycles. The van der Waals surface area contributed by atoms with E-state index in [2.05, 4.69) is 15.3 Å². The molecule has 0 saturated carbocycles. The van der Waals surface area contributed by atoms with Gasteiger partial charge in [-0.15, -0.1) is 0 Å². The molecule has 1 N–H and O–H groups in total. The third kappa shape index (κ3) is 2.43. The van der Waals surface area contributed by atoms with Crippen LogP contribution in [-0.4, -0.2) is 25.5 Å². The second kappa shape index (κ2) is 5.55. The summed E-state index contributed by atoms with van der Waals surface area (Å²) in [6.45, 7) is 0.194. The Bertz CT molecular complexity index is 821. The van der Waals surface area contributed by atoms with E-state index < -0.39 is 0 Å². The quantitative estimate of drug-likeness (QED) is 0.849. The van der Waals surface area contributed by atoms with Gasteiger partial charge in [-0.2, -0.15) is 0 Å². The van der Waals surface area contributed by atoms with Gasteiger partial charge < -0.3 is 9.88 Å². The van der Waals surface area contributed by atoms with Crippen LogP contribution >= 0.6 is 0 Å². The summed E-state index contributed by atoms with van der Waals surface area (Å²) in [5, 5.41) is 2.31. The van der Waals surface area contributed by atoms with Crippen molar-refractivity contribution in [1.29, 1.82) is 0 Å². The summed E-state index contributed by atoms with van der Waals surface area (Å²) in [4.78, 5) is 30.9. The zero-order chi connectivity index (χ0) is 15.7. The maximum atomic E-state index is 13.3. The molecule has 0 saturated heterocycles. The van der Waals surface area contributed by atoms with Gasteiger partial charge >= 0.3 is 0 Å². The van der Waals surface area contributed by atoms with Gasteiger partial charge in [-0.3, -0.25) is 14.2 Å². The molecule has 2 heterocycles. The van der Waals surface area contributed by atoms with Crippen molar-refractivity contribution in [3.05, 3.63) is 45.9 Å². The molecule has 2 aromatic rings. The molecule has 0 atom stereocenters. The molecular weight excluding hydrogens is 289 g/mol. The molecule has 0 aromatic carbocycles. The minimum absolute atomic E-state index is 0.0995. The highest BCUT2D eigenvalue weighted by molar-refractivity contribution is 5.69. The van der Waals surface area contributed by atoms with Crippen LogP contribution in [0.15, 0.2) is 23.1 Å². The Morgan fingerprint density at radius 2 is 2.27 bits per heavy atom. The number of nitrogens with one attached hydrogen (secondary N) is 1. The molecule has 0 spiro atoms. The van der Waals surface area contributed by atoms with Gasteiger partial charge in [0.2, 0.25) is 6.41 Å². The molecule has 0 unspecified atom stereocenters. The smallest absolute Gasteiger partial charge is 0.277 e. The number of fused-ring (bicyclic) bond motifs is 1. The Morgan fingerprint density at radius 3 is 3.05 bits per heavy atom. The molecule has 22 heavy (non-hydrogen) atoms. The molecule has 0 aliphatic heterocycles. The summed E-state index contributed by atoms with van der Waals surface area (Å²) in [7, 11) is 1.84. The summed E-state index contributed by atoms with van der Waals surface area (Å²) >= 11 is 0. The van der Waals surface area contributed by atoms with Crippen molar-refractivity contribution in [2.24, 2.45) is 7.05 Å². The number of amides is 1. The second-order valence-corrected chi connectivity index (χ2v) is 5.01. The fraction of sp³-hybridized carbons (Fsp3) is 0.286. The fourth-order valence-electron chi connectivity index (χ4n) is 2.50. The van der Waals surface area contributed by atoms with Crippen molar-refractivity contribution in [3.8, 4) is 0 Å². The van der Waals surface area contributed by atoms with Gasteiger partial charge in [0, 0.05) is 19.2 Å². The van der Waals surface area contributed by atoms with Crippen molar-refractivity contribution < 1.29 is 9.18 Å². The Morgan fingerprint density at radius 1 is 1.45 bits per heavy atom. The van der Waals surface area contributed by atoms with Crippen LogP contribution in [0.25, 0.3) is 6.08 Å². The number of anilines is 1. The highest BCUT2D eigenvalue weighted by Gasteiger charge is 2.18. The molecule has 114 valence electrons. The number of imidazole rings is 1. The first kappa shape index (κ1) is 14.2. The average molecular weight is 303 g/mol. The highest BCUT2D eigenvalue weighted by atomic mass is 19.1. The number of hydrogen-bond acceptors (Lipinski definition) is 4. The number of carbonyl (C=O) groups excluding carboxylic acids is 1. The Labute approximate surface area is 125 Å². The lowest BCUT2D eigenvalue weighted by Gasteiger charge is -2.10. The number of hydrogen-bond donors (Lipinski definition) is 1. The van der Waals surface area contributed by atoms with Crippen LogP contribution in [0.2, 0.25) is 0 Å². The molecule has 1 aliphatic carbocycles. The molecule has 0 fully saturated rings. The maximum absolute atomic E-state index is 13.3. The van der Waals surface area contributed by atoms with E-state index >= 15 is 0 Å². The first-order valence-electron chi connectivity index (χ1n) is 6.75. The third-order valence-corrected chi connectivity index (χ3v) is 3.66. The van der Waals surface area contributed by atoms with Gasteiger partial charge in [-0.05, 0) is 12.5 Å². The van der Waals surface area contributed by atoms with Crippen molar-refractivity contribution in [3.63, 3.8) is 0 Å². The summed E-state index contributed by atoms with van der Waals surface area (Å²) in [5.41, 5.74) is 1.27. The van der Waals surface area contributed by atoms with E-state index in [0.717, 1.165) is 5.69 Å². The highest BCUT2D eigenvalue weighted by Crippen LogP contribution is 2.24. The van der Waals surface area contributed by atoms with E-state index in [1.807, 2.05) is 11.6 Å². The van der Waals surface area contributed by atoms with Crippen molar-refractivity contribution in [2.75, 3.05) is 5.32 Å². The maximum Gasteiger partial charge on any atom is 0.277 e. The van der Waals surface area contributed by atoms with Crippen molar-refractivity contribution in [1.82, 2.24) is 19.1 Å². The first-order valence-corrected chi connectivity index (χ1v) is 6.75. The van der Waals surface area contributed by atoms with E-state index in [4.69, 9.17) is 0 Å². The normalized spacial score (nSPS) is 13.5. The Kier molecular flexibility index (Phi) is 3.58. The van der Waals surface area contributed by atoms with E-state index in [1.54, 1.807) is 0 Å². The number of allylic oxidation sites excluding steroid dienone is 1. The predicted molar refractivity (Wildman–Crippen MR) is 77.9 cm³/mol. The van der Waals surface area contributed by atoms with E-state index in [-0.39, 0.29) is 23.6 Å². The van der Waals surface area contributed by atoms with Gasteiger partial charge in [0.1, 0.15) is 17.3 Å². The summed E-state index contributed by atoms with van der Waals surface area (Å²) in [6.07, 6.45) is 5.47. The topological polar surface area (TPSA) is 81.8 Å². The van der Waals surface area contributed by atoms with Gasteiger partial charge in [0.05, 0.1) is 24.8 Å². The molecule has 7 nitrogen and oxygen atoms in total. The number of carbonyl (C=O) groups is 1. The molecule has 1 aliphatic rings. The minimum Gasteiger partial charge on any atom is -0.333 e. The summed E-state index contributed by atoms with van der Waals surface area (Å²) in [6, 6.07) is 0. The van der Waals surface area contributed by atoms with E-state index in [9.17, 15) is 14.0 Å². The van der Waals surface area contributed by atoms with Gasteiger partial charge in [-0.25, -0.2) is 14.4 Å². The molecular formula is C14H14FN5O2. The standard InChI is InChI=1S/C14H14FN5O2/c1-19-12-3-2-9(15)4-10(12)18-13(19)6-20-7-16-5-11(14(20)22)17-8-21/h4-5,7-8H,2-3,6H2,1H3,(H,17,21). The summed E-state index contributed by atoms with van der Waals surface area (Å²) < 4.78 is 16.5. The van der Waals surface area contributed by atoms with Gasteiger partial charge in [0.25, 0.3) is 5.56 Å². The largest absolute Gasteiger partial charge is 0.333 e. The van der Waals surface area contributed by atoms with Crippen LogP contribution in [-0.2, 0) is 24.8 Å². The molecule has 0 radical (unpaired) electrons. The number of nitrogens with zero attached hydrogens (tertiary/aromatic N) is 4. The Balaban J connectivity index is 1.97. The van der Waals surface area contributed by atoms with Crippen LogP contribution in [0.1, 0.15) is 23.6 Å². The first-order chi connectivity index (χ1) is 10.6. The van der Waals surface area contributed by atoms with Gasteiger partial charge in [0.15, 0.2) is 0 Å². The molecule has 8 heteroatoms. The van der Waals surface area contributed by atoms with Crippen molar-refractivity contribution >= 4 is 18.2 Å². The second-order valence-electron chi connectivity index (χ2n) is 5.01. The predicted octanol–water partition coefficient (Wildman–Crippen LogP) is 0.850. The van der Waals surface area contributed by atoms with Crippen LogP contribution in [0.5, 0.6) is 0 Å². The average Bonchev–Trinajstić information content (AvgIpc) is 2.79. The van der Waals surface area contributed by atoms with E-state index in [1.165, 1.54) is 23.2 Å². The zero-order valence-corrected chi connectivity index (χ0v) is 11.9. The molecule has 1 amide bonds. The van der Waals surface area contributed by atoms with Crippen LogP contribution in [0, 0.1) is 0 Å². The van der Waals surface area contributed by atoms with E-state index in [0.29, 0.717) is 30.8 Å². The number of rotatable bonds is 4.